The van der Waals surface area contributed by atoms with Crippen LogP contribution in [0.15, 0.2) is 24.3 Å². The maximum atomic E-state index is 10.4. The highest BCUT2D eigenvalue weighted by Crippen LogP contribution is 2.43. The molecule has 0 bridgehead atoms. The number of ether oxygens (including phenoxy) is 2. The van der Waals surface area contributed by atoms with Crippen molar-refractivity contribution >= 4 is 0 Å². The van der Waals surface area contributed by atoms with Gasteiger partial charge in [-0.2, -0.15) is 0 Å². The second-order valence-electron chi connectivity index (χ2n) is 4.99. The zero-order chi connectivity index (χ0) is 12.5. The Kier molecular flexibility index (Phi) is 3.40. The van der Waals surface area contributed by atoms with E-state index in [1.54, 1.807) is 7.11 Å². The molecule has 0 amide bonds. The lowest BCUT2D eigenvalue weighted by molar-refractivity contribution is -0.133. The highest BCUT2D eigenvalue weighted by atomic mass is 16.5. The van der Waals surface area contributed by atoms with Gasteiger partial charge in [0.1, 0.15) is 5.75 Å². The normalized spacial score (nSPS) is 27.9. The first-order valence-corrected chi connectivity index (χ1v) is 6.06. The van der Waals surface area contributed by atoms with E-state index in [9.17, 15) is 5.11 Å². The molecule has 0 saturated heterocycles. The fourth-order valence-corrected chi connectivity index (χ4v) is 2.23. The van der Waals surface area contributed by atoms with Gasteiger partial charge in [0.15, 0.2) is 0 Å². The third kappa shape index (κ3) is 2.61. The van der Waals surface area contributed by atoms with Gasteiger partial charge >= 0.3 is 0 Å². The molecule has 0 atom stereocenters. The van der Waals surface area contributed by atoms with Gasteiger partial charge in [-0.15, -0.1) is 0 Å². The summed E-state index contributed by atoms with van der Waals surface area (Å²) >= 11 is 0. The van der Waals surface area contributed by atoms with Crippen molar-refractivity contribution in [2.24, 2.45) is 0 Å². The largest absolute Gasteiger partial charge is 0.491 e. The van der Waals surface area contributed by atoms with E-state index >= 15 is 0 Å². The van der Waals surface area contributed by atoms with Crippen LogP contribution >= 0.6 is 0 Å². The Morgan fingerprint density at radius 3 is 2.65 bits per heavy atom. The van der Waals surface area contributed by atoms with Crippen molar-refractivity contribution in [3.8, 4) is 5.75 Å². The molecule has 0 unspecified atom stereocenters. The maximum absolute atomic E-state index is 10.4. The second-order valence-corrected chi connectivity index (χ2v) is 4.99. The number of hydrogen-bond donors (Lipinski definition) is 1. The van der Waals surface area contributed by atoms with E-state index < -0.39 is 5.60 Å². The number of aliphatic hydroxyl groups is 1. The van der Waals surface area contributed by atoms with Gasteiger partial charge < -0.3 is 14.6 Å². The van der Waals surface area contributed by atoms with Gasteiger partial charge in [-0.3, -0.25) is 0 Å². The molecule has 1 fully saturated rings. The van der Waals surface area contributed by atoms with Gasteiger partial charge in [-0.05, 0) is 31.5 Å². The first kappa shape index (κ1) is 12.4. The zero-order valence-electron chi connectivity index (χ0n) is 10.6. The smallest absolute Gasteiger partial charge is 0.120 e. The fourth-order valence-electron chi connectivity index (χ4n) is 2.23. The van der Waals surface area contributed by atoms with Gasteiger partial charge in [0.05, 0.1) is 17.8 Å². The van der Waals surface area contributed by atoms with Crippen molar-refractivity contribution in [2.75, 3.05) is 7.11 Å². The third-order valence-corrected chi connectivity index (χ3v) is 3.21. The van der Waals surface area contributed by atoms with Crippen LogP contribution in [0.5, 0.6) is 5.75 Å². The first-order valence-electron chi connectivity index (χ1n) is 6.06. The van der Waals surface area contributed by atoms with Crippen molar-refractivity contribution < 1.29 is 14.6 Å². The van der Waals surface area contributed by atoms with Gasteiger partial charge in [0, 0.05) is 20.0 Å². The molecule has 2 rings (SSSR count). The summed E-state index contributed by atoms with van der Waals surface area (Å²) in [5.74, 6) is 0.812. The molecule has 1 aromatic rings. The molecule has 1 aliphatic carbocycles. The summed E-state index contributed by atoms with van der Waals surface area (Å²) < 4.78 is 10.8. The van der Waals surface area contributed by atoms with Crippen molar-refractivity contribution in [3.63, 3.8) is 0 Å². The molecule has 3 nitrogen and oxygen atoms in total. The molecule has 0 heterocycles. The Labute approximate surface area is 102 Å². The summed E-state index contributed by atoms with van der Waals surface area (Å²) in [7, 11) is 1.68. The SMILES string of the molecule is COC1CC(O)(c2cccc(OC(C)C)c2)C1. The molecule has 0 spiro atoms. The van der Waals surface area contributed by atoms with E-state index in [-0.39, 0.29) is 12.2 Å². The van der Waals surface area contributed by atoms with Crippen LogP contribution in [0.25, 0.3) is 0 Å². The van der Waals surface area contributed by atoms with E-state index in [2.05, 4.69) is 0 Å². The number of hydrogen-bond acceptors (Lipinski definition) is 3. The second kappa shape index (κ2) is 4.67. The summed E-state index contributed by atoms with van der Waals surface area (Å²) in [5, 5.41) is 10.4. The minimum Gasteiger partial charge on any atom is -0.491 e. The quantitative estimate of drug-likeness (QED) is 0.872. The van der Waals surface area contributed by atoms with Crippen LogP contribution < -0.4 is 4.74 Å². The van der Waals surface area contributed by atoms with Crippen molar-refractivity contribution in [3.05, 3.63) is 29.8 Å². The summed E-state index contributed by atoms with van der Waals surface area (Å²) in [6.45, 7) is 3.98. The summed E-state index contributed by atoms with van der Waals surface area (Å²) in [6.07, 6.45) is 1.64. The lowest BCUT2D eigenvalue weighted by Crippen LogP contribution is -2.45. The summed E-state index contributed by atoms with van der Waals surface area (Å²) in [5.41, 5.74) is 0.181. The standard InChI is InChI=1S/C14H20O3/c1-10(2)17-12-6-4-5-11(7-12)14(15)8-13(9-14)16-3/h4-7,10,13,15H,8-9H2,1-3H3. The minimum absolute atomic E-state index is 0.146. The van der Waals surface area contributed by atoms with Crippen molar-refractivity contribution in [1.29, 1.82) is 0 Å². The van der Waals surface area contributed by atoms with Crippen molar-refractivity contribution in [2.45, 2.75) is 44.5 Å². The third-order valence-electron chi connectivity index (χ3n) is 3.21. The number of methoxy groups -OCH3 is 1. The van der Waals surface area contributed by atoms with Crippen molar-refractivity contribution in [1.82, 2.24) is 0 Å². The predicted octanol–water partition coefficient (Wildman–Crippen LogP) is 2.47. The van der Waals surface area contributed by atoms with E-state index in [0.717, 1.165) is 11.3 Å². The predicted molar refractivity (Wildman–Crippen MR) is 66.1 cm³/mol. The Balaban J connectivity index is 2.11. The topological polar surface area (TPSA) is 38.7 Å². The van der Waals surface area contributed by atoms with Crippen LogP contribution in [-0.4, -0.2) is 24.4 Å². The van der Waals surface area contributed by atoms with Gasteiger partial charge in [0.2, 0.25) is 0 Å². The molecule has 0 radical (unpaired) electrons. The van der Waals surface area contributed by atoms with Crippen LogP contribution in [0.3, 0.4) is 0 Å². The van der Waals surface area contributed by atoms with E-state index in [1.807, 2.05) is 38.1 Å². The lowest BCUT2D eigenvalue weighted by atomic mass is 9.73. The Bertz CT molecular complexity index is 381. The molecule has 0 aromatic heterocycles. The average Bonchev–Trinajstić information content (AvgIpc) is 2.24. The van der Waals surface area contributed by atoms with Gasteiger partial charge in [0.25, 0.3) is 0 Å². The molecular weight excluding hydrogens is 216 g/mol. The highest BCUT2D eigenvalue weighted by molar-refractivity contribution is 5.34. The molecule has 0 aliphatic heterocycles. The monoisotopic (exact) mass is 236 g/mol. The highest BCUT2D eigenvalue weighted by Gasteiger charge is 2.44. The lowest BCUT2D eigenvalue weighted by Gasteiger charge is -2.43. The van der Waals surface area contributed by atoms with Gasteiger partial charge in [-0.25, -0.2) is 0 Å². The molecular formula is C14H20O3. The maximum Gasteiger partial charge on any atom is 0.120 e. The average molecular weight is 236 g/mol. The Morgan fingerprint density at radius 2 is 2.06 bits per heavy atom. The van der Waals surface area contributed by atoms with Crippen LogP contribution in [0.2, 0.25) is 0 Å². The van der Waals surface area contributed by atoms with E-state index in [0.29, 0.717) is 12.8 Å². The molecule has 94 valence electrons. The first-order chi connectivity index (χ1) is 8.03. The fraction of sp³-hybridized carbons (Fsp3) is 0.571. The Morgan fingerprint density at radius 1 is 1.35 bits per heavy atom. The molecule has 3 heteroatoms. The zero-order valence-corrected chi connectivity index (χ0v) is 10.6. The minimum atomic E-state index is -0.739. The van der Waals surface area contributed by atoms with Gasteiger partial charge in [-0.1, -0.05) is 12.1 Å². The number of rotatable bonds is 4. The molecule has 1 aliphatic rings. The van der Waals surface area contributed by atoms with Crippen LogP contribution in [0, 0.1) is 0 Å². The van der Waals surface area contributed by atoms with Crippen LogP contribution in [-0.2, 0) is 10.3 Å². The molecule has 17 heavy (non-hydrogen) atoms. The van der Waals surface area contributed by atoms with Crippen LogP contribution in [0.4, 0.5) is 0 Å². The van der Waals surface area contributed by atoms with Crippen LogP contribution in [0.1, 0.15) is 32.3 Å². The van der Waals surface area contributed by atoms with E-state index in [4.69, 9.17) is 9.47 Å². The van der Waals surface area contributed by atoms with E-state index in [1.165, 1.54) is 0 Å². The number of benzene rings is 1. The molecule has 1 saturated carbocycles. The summed E-state index contributed by atoms with van der Waals surface area (Å²) in [6, 6.07) is 7.70. The Hall–Kier alpha value is -1.06. The molecule has 1 N–H and O–H groups in total. The molecule has 1 aromatic carbocycles. The summed E-state index contributed by atoms with van der Waals surface area (Å²) in [4.78, 5) is 0.